The van der Waals surface area contributed by atoms with Crippen LogP contribution in [0.15, 0.2) is 35.4 Å². The van der Waals surface area contributed by atoms with E-state index in [9.17, 15) is 0 Å². The first kappa shape index (κ1) is 20.1. The molecule has 1 aromatic rings. The Hall–Kier alpha value is -1.67. The highest BCUT2D eigenvalue weighted by Gasteiger charge is 2.54. The normalized spacial score (nSPS) is 31.9. The minimum absolute atomic E-state index is 0.185. The predicted octanol–water partition coefficient (Wildman–Crippen LogP) is 3.55. The first-order chi connectivity index (χ1) is 13.0. The van der Waals surface area contributed by atoms with Gasteiger partial charge in [-0.05, 0) is 38.3 Å². The van der Waals surface area contributed by atoms with E-state index in [2.05, 4.69) is 10.0 Å². The summed E-state index contributed by atoms with van der Waals surface area (Å²) in [5.74, 6) is -0.697. The van der Waals surface area contributed by atoms with Gasteiger partial charge in [0.15, 0.2) is 12.1 Å². The van der Waals surface area contributed by atoms with Crippen LogP contribution in [0.2, 0.25) is 0 Å². The van der Waals surface area contributed by atoms with E-state index in [0.717, 1.165) is 5.56 Å². The Bertz CT molecular complexity index is 650. The maximum Gasteiger partial charge on any atom is 0.186 e. The molecule has 0 amide bonds. The summed E-state index contributed by atoms with van der Waals surface area (Å²) in [7, 11) is 0. The number of azide groups is 1. The molecule has 2 aliphatic rings. The average Bonchev–Trinajstić information content (AvgIpc) is 2.98. The molecule has 148 valence electrons. The molecule has 0 saturated carbocycles. The van der Waals surface area contributed by atoms with E-state index < -0.39 is 18.2 Å². The van der Waals surface area contributed by atoms with Crippen LogP contribution in [-0.4, -0.2) is 49.6 Å². The monoisotopic (exact) mass is 377 g/mol. The third kappa shape index (κ3) is 5.19. The number of nitrogens with zero attached hydrogens (tertiary/aromatic N) is 3. The van der Waals surface area contributed by atoms with Gasteiger partial charge in [-0.3, -0.25) is 0 Å². The fourth-order valence-electron chi connectivity index (χ4n) is 3.41. The predicted molar refractivity (Wildman–Crippen MR) is 97.8 cm³/mol. The lowest BCUT2D eigenvalue weighted by Crippen LogP contribution is -2.57. The first-order valence-electron chi connectivity index (χ1n) is 9.29. The van der Waals surface area contributed by atoms with Gasteiger partial charge in [-0.2, -0.15) is 0 Å². The maximum absolute atomic E-state index is 8.36. The topological polar surface area (TPSA) is 94.9 Å². The van der Waals surface area contributed by atoms with Crippen LogP contribution >= 0.6 is 0 Å². The van der Waals surface area contributed by atoms with Gasteiger partial charge >= 0.3 is 0 Å². The number of hydrogen-bond donors (Lipinski definition) is 0. The van der Waals surface area contributed by atoms with Gasteiger partial charge in [0.2, 0.25) is 0 Å². The molecule has 0 aliphatic carbocycles. The van der Waals surface area contributed by atoms with Crippen LogP contribution in [0.25, 0.3) is 10.4 Å². The van der Waals surface area contributed by atoms with Crippen molar-refractivity contribution >= 4 is 0 Å². The standard InChI is InChI=1S/C19H27N3O5/c1-13-15-16(27-19(2,3)26-15)17(24-12-14-8-5-4-6-9-14)18(25-13)23-11-7-10-21-22-20/h4-6,8-9,13,15-18H,7,10-12H2,1-3H3/t13-,15+,16+,17-,18+/m0/s1. The van der Waals surface area contributed by atoms with Crippen LogP contribution in [0.4, 0.5) is 0 Å². The number of hydrogen-bond acceptors (Lipinski definition) is 6. The zero-order chi connectivity index (χ0) is 19.3. The number of ether oxygens (including phenoxy) is 5. The number of benzene rings is 1. The van der Waals surface area contributed by atoms with E-state index in [-0.39, 0.29) is 18.3 Å². The Balaban J connectivity index is 1.68. The zero-order valence-corrected chi connectivity index (χ0v) is 16.0. The van der Waals surface area contributed by atoms with Gasteiger partial charge in [-0.25, -0.2) is 0 Å². The molecule has 0 radical (unpaired) electrons. The second kappa shape index (κ2) is 9.01. The molecule has 0 bridgehead atoms. The summed E-state index contributed by atoms with van der Waals surface area (Å²) in [6, 6.07) is 9.94. The summed E-state index contributed by atoms with van der Waals surface area (Å²) in [5, 5.41) is 3.52. The van der Waals surface area contributed by atoms with E-state index in [1.807, 2.05) is 51.1 Å². The van der Waals surface area contributed by atoms with Crippen LogP contribution in [0, 0.1) is 0 Å². The van der Waals surface area contributed by atoms with E-state index in [1.165, 1.54) is 0 Å². The third-order valence-corrected chi connectivity index (χ3v) is 4.60. The average molecular weight is 377 g/mol. The van der Waals surface area contributed by atoms with E-state index in [1.54, 1.807) is 0 Å². The van der Waals surface area contributed by atoms with Crippen LogP contribution in [-0.2, 0) is 30.3 Å². The van der Waals surface area contributed by atoms with Crippen molar-refractivity contribution < 1.29 is 23.7 Å². The quantitative estimate of drug-likeness (QED) is 0.299. The van der Waals surface area contributed by atoms with Crippen molar-refractivity contribution in [1.82, 2.24) is 0 Å². The smallest absolute Gasteiger partial charge is 0.186 e. The van der Waals surface area contributed by atoms with Gasteiger partial charge < -0.3 is 23.7 Å². The molecule has 0 N–H and O–H groups in total. The molecule has 0 unspecified atom stereocenters. The van der Waals surface area contributed by atoms with Crippen molar-refractivity contribution in [2.45, 2.75) is 70.3 Å². The van der Waals surface area contributed by atoms with Gasteiger partial charge in [-0.15, -0.1) is 0 Å². The van der Waals surface area contributed by atoms with Crippen molar-refractivity contribution in [3.05, 3.63) is 46.3 Å². The summed E-state index contributed by atoms with van der Waals surface area (Å²) >= 11 is 0. The van der Waals surface area contributed by atoms with E-state index in [4.69, 9.17) is 29.2 Å². The summed E-state index contributed by atoms with van der Waals surface area (Å²) in [5.41, 5.74) is 9.43. The Labute approximate surface area is 159 Å². The summed E-state index contributed by atoms with van der Waals surface area (Å²) in [4.78, 5) is 2.75. The lowest BCUT2D eigenvalue weighted by molar-refractivity contribution is -0.286. The third-order valence-electron chi connectivity index (χ3n) is 4.60. The van der Waals surface area contributed by atoms with Crippen molar-refractivity contribution in [2.24, 2.45) is 5.11 Å². The lowest BCUT2D eigenvalue weighted by Gasteiger charge is -2.40. The zero-order valence-electron chi connectivity index (χ0n) is 16.0. The Morgan fingerprint density at radius 2 is 1.89 bits per heavy atom. The highest BCUT2D eigenvalue weighted by atomic mass is 16.8. The fraction of sp³-hybridized carbons (Fsp3) is 0.684. The molecule has 2 saturated heterocycles. The van der Waals surface area contributed by atoms with Crippen LogP contribution in [0.3, 0.4) is 0 Å². The van der Waals surface area contributed by atoms with E-state index >= 15 is 0 Å². The van der Waals surface area contributed by atoms with Crippen molar-refractivity contribution in [3.8, 4) is 0 Å². The van der Waals surface area contributed by atoms with Gasteiger partial charge in [0.05, 0.1) is 12.7 Å². The van der Waals surface area contributed by atoms with Gasteiger partial charge in [-0.1, -0.05) is 35.4 Å². The minimum Gasteiger partial charge on any atom is -0.365 e. The molecule has 5 atom stereocenters. The minimum atomic E-state index is -0.697. The highest BCUT2D eigenvalue weighted by molar-refractivity contribution is 5.13. The van der Waals surface area contributed by atoms with Crippen molar-refractivity contribution in [2.75, 3.05) is 13.2 Å². The molecule has 8 heteroatoms. The molecule has 2 fully saturated rings. The van der Waals surface area contributed by atoms with Gasteiger partial charge in [0.25, 0.3) is 0 Å². The molecule has 27 heavy (non-hydrogen) atoms. The molecule has 1 aromatic carbocycles. The molecular weight excluding hydrogens is 350 g/mol. The molecular formula is C19H27N3O5. The van der Waals surface area contributed by atoms with Gasteiger partial charge in [0.1, 0.15) is 18.3 Å². The highest BCUT2D eigenvalue weighted by Crippen LogP contribution is 2.39. The molecule has 0 spiro atoms. The molecule has 8 nitrogen and oxygen atoms in total. The molecule has 2 heterocycles. The van der Waals surface area contributed by atoms with Crippen molar-refractivity contribution in [1.29, 1.82) is 0 Å². The van der Waals surface area contributed by atoms with E-state index in [0.29, 0.717) is 26.2 Å². The summed E-state index contributed by atoms with van der Waals surface area (Å²) in [6.45, 7) is 6.95. The van der Waals surface area contributed by atoms with Crippen LogP contribution in [0.1, 0.15) is 32.8 Å². The summed E-state index contributed by atoms with van der Waals surface area (Å²) < 4.78 is 30.3. The second-order valence-corrected chi connectivity index (χ2v) is 7.21. The van der Waals surface area contributed by atoms with Crippen LogP contribution < -0.4 is 0 Å². The summed E-state index contributed by atoms with van der Waals surface area (Å²) in [6.07, 6.45) is -1.07. The molecule has 2 aliphatic heterocycles. The van der Waals surface area contributed by atoms with Crippen LogP contribution in [0.5, 0.6) is 0 Å². The Morgan fingerprint density at radius 1 is 1.15 bits per heavy atom. The fourth-order valence-corrected chi connectivity index (χ4v) is 3.41. The molecule has 0 aromatic heterocycles. The largest absolute Gasteiger partial charge is 0.365 e. The first-order valence-corrected chi connectivity index (χ1v) is 9.29. The maximum atomic E-state index is 8.36. The second-order valence-electron chi connectivity index (χ2n) is 7.21. The van der Waals surface area contributed by atoms with Gasteiger partial charge in [0, 0.05) is 18.1 Å². The lowest BCUT2D eigenvalue weighted by atomic mass is 9.99. The molecule has 3 rings (SSSR count). The number of fused-ring (bicyclic) bond motifs is 1. The SMILES string of the molecule is C[C@@H]1O[C@@H](OCCCN=[N+]=[N-])[C@@H](OCc2ccccc2)[C@@H]2OC(C)(C)O[C@@H]21. The number of rotatable bonds is 8. The van der Waals surface area contributed by atoms with Crippen molar-refractivity contribution in [3.63, 3.8) is 0 Å². The Kier molecular flexibility index (Phi) is 6.70. The Morgan fingerprint density at radius 3 is 2.63 bits per heavy atom.